The van der Waals surface area contributed by atoms with E-state index in [0.29, 0.717) is 36.2 Å². The van der Waals surface area contributed by atoms with Gasteiger partial charge in [0.2, 0.25) is 0 Å². The van der Waals surface area contributed by atoms with Gasteiger partial charge < -0.3 is 14.6 Å². The molecule has 1 atom stereocenters. The van der Waals surface area contributed by atoms with Crippen LogP contribution in [0.2, 0.25) is 0 Å². The molecule has 0 spiro atoms. The van der Waals surface area contributed by atoms with Crippen LogP contribution in [-0.2, 0) is 13.1 Å². The van der Waals surface area contributed by atoms with E-state index in [2.05, 4.69) is 19.9 Å². The molecular weight excluding hydrogens is 392 g/mol. The van der Waals surface area contributed by atoms with Crippen LogP contribution in [0.5, 0.6) is 0 Å². The van der Waals surface area contributed by atoms with Gasteiger partial charge in [0.1, 0.15) is 5.52 Å². The van der Waals surface area contributed by atoms with E-state index in [9.17, 15) is 9.90 Å². The molecule has 4 aromatic rings. The first-order valence-corrected chi connectivity index (χ1v) is 10.2. The molecule has 0 saturated carbocycles. The van der Waals surface area contributed by atoms with Crippen LogP contribution in [0.15, 0.2) is 67.5 Å². The van der Waals surface area contributed by atoms with Crippen molar-refractivity contribution >= 4 is 17.1 Å². The molecule has 1 unspecified atom stereocenters. The minimum atomic E-state index is -0.312. The van der Waals surface area contributed by atoms with E-state index in [4.69, 9.17) is 0 Å². The van der Waals surface area contributed by atoms with Crippen LogP contribution in [-0.4, -0.2) is 53.1 Å². The van der Waals surface area contributed by atoms with Crippen molar-refractivity contribution in [3.8, 4) is 0 Å². The predicted octanol–water partition coefficient (Wildman–Crippen LogP) is 2.68. The molecule has 4 heterocycles. The van der Waals surface area contributed by atoms with Gasteiger partial charge in [-0.3, -0.25) is 14.8 Å². The highest BCUT2D eigenvalue weighted by Gasteiger charge is 2.24. The molecule has 31 heavy (non-hydrogen) atoms. The zero-order valence-electron chi connectivity index (χ0n) is 17.3. The Balaban J connectivity index is 1.61. The van der Waals surface area contributed by atoms with Gasteiger partial charge in [-0.15, -0.1) is 0 Å². The van der Waals surface area contributed by atoms with E-state index in [1.54, 1.807) is 42.1 Å². The maximum absolute atomic E-state index is 13.4. The smallest absolute Gasteiger partial charge is 0.256 e. The summed E-state index contributed by atoms with van der Waals surface area (Å²) >= 11 is 0. The summed E-state index contributed by atoms with van der Waals surface area (Å²) < 4.78 is 1.93. The highest BCUT2D eigenvalue weighted by molar-refractivity contribution is 5.96. The number of imidazole rings is 1. The first-order chi connectivity index (χ1) is 15.2. The largest absolute Gasteiger partial charge is 0.394 e. The summed E-state index contributed by atoms with van der Waals surface area (Å²) in [4.78, 5) is 32.4. The first-order valence-electron chi connectivity index (χ1n) is 10.2. The molecule has 0 bridgehead atoms. The summed E-state index contributed by atoms with van der Waals surface area (Å²) in [6, 6.07) is 10.9. The Kier molecular flexibility index (Phi) is 6.28. The zero-order valence-corrected chi connectivity index (χ0v) is 17.3. The number of aliphatic hydroxyl groups excluding tert-OH is 1. The summed E-state index contributed by atoms with van der Waals surface area (Å²) in [5.41, 5.74) is 3.58. The lowest BCUT2D eigenvalue weighted by Gasteiger charge is -2.29. The Bertz CT molecular complexity index is 1140. The molecule has 4 rings (SSSR count). The highest BCUT2D eigenvalue weighted by Crippen LogP contribution is 2.18. The quantitative estimate of drug-likeness (QED) is 0.474. The third-order valence-electron chi connectivity index (χ3n) is 5.22. The molecule has 0 fully saturated rings. The molecular formula is C23H24N6O2. The van der Waals surface area contributed by atoms with Crippen molar-refractivity contribution in [2.45, 2.75) is 32.5 Å². The van der Waals surface area contributed by atoms with Gasteiger partial charge in [-0.05, 0) is 36.2 Å². The lowest BCUT2D eigenvalue weighted by Crippen LogP contribution is -2.42. The van der Waals surface area contributed by atoms with Crippen molar-refractivity contribution in [3.05, 3.63) is 84.3 Å². The Hall–Kier alpha value is -3.65. The number of hydrogen-bond donors (Lipinski definition) is 1. The summed E-state index contributed by atoms with van der Waals surface area (Å²) in [5.74, 6) is -0.206. The third kappa shape index (κ3) is 4.59. The maximum atomic E-state index is 13.4. The number of carbonyl (C=O) groups is 1. The molecule has 1 amide bonds. The lowest BCUT2D eigenvalue weighted by atomic mass is 10.1. The van der Waals surface area contributed by atoms with Gasteiger partial charge in [0.15, 0.2) is 5.65 Å². The average Bonchev–Trinajstić information content (AvgIpc) is 3.22. The number of aromatic nitrogens is 5. The minimum absolute atomic E-state index is 0.121. The van der Waals surface area contributed by atoms with Crippen molar-refractivity contribution in [1.29, 1.82) is 0 Å². The topological polar surface area (TPSA) is 97.0 Å². The van der Waals surface area contributed by atoms with Crippen molar-refractivity contribution in [2.24, 2.45) is 0 Å². The first kappa shape index (κ1) is 20.6. The fourth-order valence-corrected chi connectivity index (χ4v) is 3.52. The van der Waals surface area contributed by atoms with Gasteiger partial charge in [0.25, 0.3) is 5.91 Å². The second-order valence-electron chi connectivity index (χ2n) is 7.30. The van der Waals surface area contributed by atoms with Crippen LogP contribution < -0.4 is 0 Å². The molecule has 0 aliphatic carbocycles. The van der Waals surface area contributed by atoms with Gasteiger partial charge in [-0.1, -0.05) is 19.1 Å². The van der Waals surface area contributed by atoms with Gasteiger partial charge in [-0.2, -0.15) is 0 Å². The lowest BCUT2D eigenvalue weighted by molar-refractivity contribution is 0.0560. The van der Waals surface area contributed by atoms with Crippen molar-refractivity contribution in [1.82, 2.24) is 29.4 Å². The summed E-state index contributed by atoms with van der Waals surface area (Å²) in [5, 5.41) is 9.83. The third-order valence-corrected chi connectivity index (χ3v) is 5.22. The number of carbonyl (C=O) groups excluding carboxylic acids is 1. The SMILES string of the molecule is CCC(CO)N(Cc1ccccn1)C(=O)c1cnc2c(c1)ncn2Cc1cccnc1. The van der Waals surface area contributed by atoms with Gasteiger partial charge >= 0.3 is 0 Å². The molecule has 0 aromatic carbocycles. The number of amides is 1. The molecule has 8 nitrogen and oxygen atoms in total. The van der Waals surface area contributed by atoms with Crippen LogP contribution in [0.4, 0.5) is 0 Å². The molecule has 8 heteroatoms. The van der Waals surface area contributed by atoms with Gasteiger partial charge in [0, 0.05) is 24.8 Å². The predicted molar refractivity (Wildman–Crippen MR) is 116 cm³/mol. The fraction of sp³-hybridized carbons (Fsp3) is 0.261. The number of hydrogen-bond acceptors (Lipinski definition) is 6. The number of aliphatic hydroxyl groups is 1. The van der Waals surface area contributed by atoms with Crippen LogP contribution in [0, 0.1) is 0 Å². The van der Waals surface area contributed by atoms with Crippen molar-refractivity contribution < 1.29 is 9.90 Å². The Morgan fingerprint density at radius 3 is 2.74 bits per heavy atom. The number of rotatable bonds is 8. The number of nitrogens with zero attached hydrogens (tertiary/aromatic N) is 6. The van der Waals surface area contributed by atoms with Crippen molar-refractivity contribution in [2.75, 3.05) is 6.61 Å². The van der Waals surface area contributed by atoms with Gasteiger partial charge in [-0.25, -0.2) is 9.97 Å². The summed E-state index contributed by atoms with van der Waals surface area (Å²) in [7, 11) is 0. The molecule has 158 valence electrons. The normalized spacial score (nSPS) is 12.1. The summed E-state index contributed by atoms with van der Waals surface area (Å²) in [6.45, 7) is 2.73. The Labute approximate surface area is 180 Å². The highest BCUT2D eigenvalue weighted by atomic mass is 16.3. The van der Waals surface area contributed by atoms with Crippen LogP contribution in [0.3, 0.4) is 0 Å². The molecule has 0 saturated heterocycles. The monoisotopic (exact) mass is 416 g/mol. The summed E-state index contributed by atoms with van der Waals surface area (Å²) in [6.07, 6.45) is 9.15. The van der Waals surface area contributed by atoms with Crippen LogP contribution >= 0.6 is 0 Å². The second kappa shape index (κ2) is 9.44. The van der Waals surface area contributed by atoms with Gasteiger partial charge in [0.05, 0.1) is 43.3 Å². The van der Waals surface area contributed by atoms with Crippen LogP contribution in [0.25, 0.3) is 11.2 Å². The van der Waals surface area contributed by atoms with E-state index in [1.165, 1.54) is 0 Å². The Morgan fingerprint density at radius 2 is 2.03 bits per heavy atom. The van der Waals surface area contributed by atoms with E-state index >= 15 is 0 Å². The van der Waals surface area contributed by atoms with E-state index in [1.807, 2.05) is 41.8 Å². The van der Waals surface area contributed by atoms with Crippen LogP contribution in [0.1, 0.15) is 35.0 Å². The van der Waals surface area contributed by atoms with E-state index < -0.39 is 0 Å². The number of pyridine rings is 3. The van der Waals surface area contributed by atoms with Crippen molar-refractivity contribution in [3.63, 3.8) is 0 Å². The molecule has 0 radical (unpaired) electrons. The maximum Gasteiger partial charge on any atom is 0.256 e. The minimum Gasteiger partial charge on any atom is -0.394 e. The standard InChI is InChI=1S/C23H24N6O2/c1-2-20(15-30)29(14-19-7-3-4-9-25-19)23(31)18-10-21-22(26-12-18)28(16-27-21)13-17-6-5-8-24-11-17/h3-12,16,20,30H,2,13-15H2,1H3. The zero-order chi connectivity index (χ0) is 21.6. The molecule has 1 N–H and O–H groups in total. The fourth-order valence-electron chi connectivity index (χ4n) is 3.52. The molecule has 0 aliphatic rings. The molecule has 0 aliphatic heterocycles. The Morgan fingerprint density at radius 1 is 1.13 bits per heavy atom. The molecule has 4 aromatic heterocycles. The second-order valence-corrected chi connectivity index (χ2v) is 7.30. The van der Waals surface area contributed by atoms with E-state index in [-0.39, 0.29) is 18.6 Å². The number of fused-ring (bicyclic) bond motifs is 1. The van der Waals surface area contributed by atoms with E-state index in [0.717, 1.165) is 11.3 Å². The average molecular weight is 416 g/mol.